The molecule has 1 aliphatic heterocycles. The third kappa shape index (κ3) is 2.53. The topological polar surface area (TPSA) is 29.5 Å². The van der Waals surface area contributed by atoms with Crippen LogP contribution >= 0.6 is 11.3 Å². The number of hydrogen-bond donors (Lipinski definition) is 0. The second kappa shape index (κ2) is 4.78. The van der Waals surface area contributed by atoms with Crippen molar-refractivity contribution in [2.75, 3.05) is 19.8 Å². The number of nitrogens with zero attached hydrogens (tertiary/aromatic N) is 1. The molecule has 0 aromatic carbocycles. The highest BCUT2D eigenvalue weighted by molar-refractivity contribution is 7.12. The molecule has 92 valence electrons. The predicted octanol–water partition coefficient (Wildman–Crippen LogP) is 2.39. The van der Waals surface area contributed by atoms with Gasteiger partial charge in [0.25, 0.3) is 5.91 Å². The number of amides is 1. The monoisotopic (exact) mass is 251 g/mol. The van der Waals surface area contributed by atoms with Gasteiger partial charge in [0.05, 0.1) is 11.5 Å². The molecule has 3 nitrogen and oxygen atoms in total. The zero-order chi connectivity index (χ0) is 11.7. The van der Waals surface area contributed by atoms with Crippen molar-refractivity contribution in [1.82, 2.24) is 4.90 Å². The molecular formula is C13H17NO2S. The molecule has 0 spiro atoms. The Morgan fingerprint density at radius 3 is 2.94 bits per heavy atom. The molecule has 1 aromatic heterocycles. The molecule has 2 fully saturated rings. The van der Waals surface area contributed by atoms with Gasteiger partial charge in [-0.3, -0.25) is 4.79 Å². The van der Waals surface area contributed by atoms with Crippen LogP contribution in [0.15, 0.2) is 17.5 Å². The Hall–Kier alpha value is -0.870. The second-order valence-electron chi connectivity index (χ2n) is 4.90. The number of rotatable bonds is 4. The highest BCUT2D eigenvalue weighted by atomic mass is 32.1. The van der Waals surface area contributed by atoms with E-state index in [9.17, 15) is 4.79 Å². The fourth-order valence-electron chi connectivity index (χ4n) is 2.33. The van der Waals surface area contributed by atoms with Gasteiger partial charge < -0.3 is 9.64 Å². The number of carbonyl (C=O) groups excluding carboxylic acids is 1. The summed E-state index contributed by atoms with van der Waals surface area (Å²) in [4.78, 5) is 15.3. The van der Waals surface area contributed by atoms with E-state index in [-0.39, 0.29) is 5.91 Å². The molecule has 2 heterocycles. The van der Waals surface area contributed by atoms with Crippen LogP contribution in [0.5, 0.6) is 0 Å². The van der Waals surface area contributed by atoms with Crippen molar-refractivity contribution in [3.05, 3.63) is 22.4 Å². The summed E-state index contributed by atoms with van der Waals surface area (Å²) in [5.41, 5.74) is 0. The smallest absolute Gasteiger partial charge is 0.264 e. The van der Waals surface area contributed by atoms with E-state index in [0.717, 1.165) is 31.1 Å². The maximum atomic E-state index is 12.4. The Morgan fingerprint density at radius 1 is 1.47 bits per heavy atom. The first kappa shape index (κ1) is 11.2. The summed E-state index contributed by atoms with van der Waals surface area (Å²) in [6.07, 6.45) is 3.44. The molecule has 3 rings (SSSR count). The summed E-state index contributed by atoms with van der Waals surface area (Å²) in [6.45, 7) is 2.55. The van der Waals surface area contributed by atoms with E-state index in [1.807, 2.05) is 17.5 Å². The van der Waals surface area contributed by atoms with E-state index in [2.05, 4.69) is 4.90 Å². The molecule has 0 radical (unpaired) electrons. The number of ether oxygens (including phenoxy) is 1. The normalized spacial score (nSPS) is 23.9. The van der Waals surface area contributed by atoms with Crippen LogP contribution in [0.3, 0.4) is 0 Å². The van der Waals surface area contributed by atoms with E-state index in [0.29, 0.717) is 12.0 Å². The largest absolute Gasteiger partial charge is 0.381 e. The summed E-state index contributed by atoms with van der Waals surface area (Å²) in [6, 6.07) is 4.36. The van der Waals surface area contributed by atoms with Gasteiger partial charge in [0.15, 0.2) is 0 Å². The van der Waals surface area contributed by atoms with Gasteiger partial charge in [-0.05, 0) is 30.7 Å². The van der Waals surface area contributed by atoms with Crippen LogP contribution in [0.25, 0.3) is 0 Å². The third-order valence-electron chi connectivity index (χ3n) is 3.46. The van der Waals surface area contributed by atoms with Crippen molar-refractivity contribution < 1.29 is 9.53 Å². The Kier molecular flexibility index (Phi) is 3.16. The fourth-order valence-corrected chi connectivity index (χ4v) is 3.01. The zero-order valence-electron chi connectivity index (χ0n) is 9.80. The summed E-state index contributed by atoms with van der Waals surface area (Å²) in [7, 11) is 0. The maximum Gasteiger partial charge on any atom is 0.264 e. The highest BCUT2D eigenvalue weighted by Gasteiger charge is 2.35. The number of thiophene rings is 1. The van der Waals surface area contributed by atoms with Crippen LogP contribution < -0.4 is 0 Å². The Morgan fingerprint density at radius 2 is 2.35 bits per heavy atom. The van der Waals surface area contributed by atoms with E-state index in [4.69, 9.17) is 4.74 Å². The van der Waals surface area contributed by atoms with Gasteiger partial charge in [-0.25, -0.2) is 0 Å². The van der Waals surface area contributed by atoms with Crippen LogP contribution in [0, 0.1) is 5.92 Å². The SMILES string of the molecule is O=C(c1cccs1)N(CC1CCOC1)C1CC1. The lowest BCUT2D eigenvalue weighted by molar-refractivity contribution is 0.0711. The molecule has 1 aliphatic carbocycles. The minimum atomic E-state index is 0.217. The average Bonchev–Trinajstić information content (AvgIpc) is 2.86. The molecule has 1 unspecified atom stereocenters. The summed E-state index contributed by atoms with van der Waals surface area (Å²) < 4.78 is 5.39. The van der Waals surface area contributed by atoms with Gasteiger partial charge in [0.2, 0.25) is 0 Å². The minimum absolute atomic E-state index is 0.217. The highest BCUT2D eigenvalue weighted by Crippen LogP contribution is 2.31. The van der Waals surface area contributed by atoms with Gasteiger partial charge in [-0.2, -0.15) is 0 Å². The van der Waals surface area contributed by atoms with Gasteiger partial charge in [-0.1, -0.05) is 6.07 Å². The van der Waals surface area contributed by atoms with E-state index >= 15 is 0 Å². The predicted molar refractivity (Wildman–Crippen MR) is 67.3 cm³/mol. The minimum Gasteiger partial charge on any atom is -0.381 e. The lowest BCUT2D eigenvalue weighted by Crippen LogP contribution is -2.37. The molecule has 1 saturated heterocycles. The number of carbonyl (C=O) groups is 1. The van der Waals surface area contributed by atoms with Crippen molar-refractivity contribution in [2.45, 2.75) is 25.3 Å². The van der Waals surface area contributed by atoms with Crippen molar-refractivity contribution in [1.29, 1.82) is 0 Å². The first-order valence-electron chi connectivity index (χ1n) is 6.27. The fraction of sp³-hybridized carbons (Fsp3) is 0.615. The lowest BCUT2D eigenvalue weighted by Gasteiger charge is -2.24. The third-order valence-corrected chi connectivity index (χ3v) is 4.32. The zero-order valence-corrected chi connectivity index (χ0v) is 10.6. The van der Waals surface area contributed by atoms with Gasteiger partial charge >= 0.3 is 0 Å². The van der Waals surface area contributed by atoms with E-state index in [1.165, 1.54) is 24.2 Å². The van der Waals surface area contributed by atoms with Gasteiger partial charge in [-0.15, -0.1) is 11.3 Å². The summed E-state index contributed by atoms with van der Waals surface area (Å²) in [5, 5.41) is 1.97. The van der Waals surface area contributed by atoms with Crippen LogP contribution in [-0.2, 0) is 4.74 Å². The molecule has 1 saturated carbocycles. The second-order valence-corrected chi connectivity index (χ2v) is 5.84. The molecule has 1 aromatic rings. The van der Waals surface area contributed by atoms with Crippen molar-refractivity contribution in [2.24, 2.45) is 5.92 Å². The van der Waals surface area contributed by atoms with Crippen LogP contribution in [0.2, 0.25) is 0 Å². The van der Waals surface area contributed by atoms with Crippen LogP contribution in [0.1, 0.15) is 28.9 Å². The van der Waals surface area contributed by atoms with Crippen LogP contribution in [-0.4, -0.2) is 36.6 Å². The molecule has 1 amide bonds. The Bertz CT molecular complexity index is 380. The molecule has 4 heteroatoms. The van der Waals surface area contributed by atoms with Gasteiger partial charge in [0, 0.05) is 25.1 Å². The molecule has 0 N–H and O–H groups in total. The first-order chi connectivity index (χ1) is 8.34. The molecule has 0 bridgehead atoms. The van der Waals surface area contributed by atoms with Crippen LogP contribution in [0.4, 0.5) is 0 Å². The molecule has 17 heavy (non-hydrogen) atoms. The maximum absolute atomic E-state index is 12.4. The van der Waals surface area contributed by atoms with Crippen molar-refractivity contribution in [3.8, 4) is 0 Å². The summed E-state index contributed by atoms with van der Waals surface area (Å²) >= 11 is 1.54. The number of hydrogen-bond acceptors (Lipinski definition) is 3. The quantitative estimate of drug-likeness (QED) is 0.822. The van der Waals surface area contributed by atoms with Gasteiger partial charge in [0.1, 0.15) is 0 Å². The molecule has 2 aliphatic rings. The molecule has 1 atom stereocenters. The Balaban J connectivity index is 1.69. The van der Waals surface area contributed by atoms with E-state index < -0.39 is 0 Å². The average molecular weight is 251 g/mol. The van der Waals surface area contributed by atoms with Crippen molar-refractivity contribution >= 4 is 17.2 Å². The Labute approximate surface area is 105 Å². The summed E-state index contributed by atoms with van der Waals surface area (Å²) in [5.74, 6) is 0.758. The standard InChI is InChI=1S/C13H17NO2S/c15-13(12-2-1-7-17-12)14(11-3-4-11)8-10-5-6-16-9-10/h1-2,7,10-11H,3-6,8-9H2. The van der Waals surface area contributed by atoms with Crippen molar-refractivity contribution in [3.63, 3.8) is 0 Å². The molecular weight excluding hydrogens is 234 g/mol. The first-order valence-corrected chi connectivity index (χ1v) is 7.15. The van der Waals surface area contributed by atoms with E-state index in [1.54, 1.807) is 0 Å². The lowest BCUT2D eigenvalue weighted by atomic mass is 10.1.